The van der Waals surface area contributed by atoms with E-state index in [9.17, 15) is 0 Å². The molecule has 0 fully saturated rings. The van der Waals surface area contributed by atoms with Gasteiger partial charge in [0.25, 0.3) is 0 Å². The highest BCUT2D eigenvalue weighted by Crippen LogP contribution is 2.19. The van der Waals surface area contributed by atoms with Gasteiger partial charge in [0.2, 0.25) is 0 Å². The lowest BCUT2D eigenvalue weighted by Gasteiger charge is -2.01. The molecule has 2 aromatic rings. The van der Waals surface area contributed by atoms with Crippen molar-refractivity contribution in [3.05, 3.63) is 67.3 Å². The van der Waals surface area contributed by atoms with Crippen LogP contribution in [0.25, 0.3) is 16.3 Å². The summed E-state index contributed by atoms with van der Waals surface area (Å²) in [4.78, 5) is 0. The summed E-state index contributed by atoms with van der Waals surface area (Å²) in [6, 6.07) is 14.8. The number of hydrogen-bond donors (Lipinski definition) is 0. The third-order valence-corrected chi connectivity index (χ3v) is 2.24. The zero-order valence-corrected chi connectivity index (χ0v) is 10.0. The fourth-order valence-corrected chi connectivity index (χ4v) is 1.45. The smallest absolute Gasteiger partial charge is 0.0178 e. The molecule has 0 heteroatoms. The second kappa shape index (κ2) is 16.2. The molecule has 0 aliphatic carbocycles. The second-order valence-electron chi connectivity index (χ2n) is 3.75. The Morgan fingerprint density at radius 1 is 0.857 bits per heavy atom. The predicted octanol–water partition coefficient (Wildman–Crippen LogP) is 8.25. The molecule has 2 aromatic carbocycles. The molecule has 0 aliphatic heterocycles. The third-order valence-electron chi connectivity index (χ3n) is 2.24. The van der Waals surface area contributed by atoms with Crippen LogP contribution in [0.1, 0.15) is 56.5 Å². The second-order valence-corrected chi connectivity index (χ2v) is 3.75. The van der Waals surface area contributed by atoms with Gasteiger partial charge in [0.1, 0.15) is 0 Å². The largest absolute Gasteiger partial charge is 0.103 e. The number of benzene rings is 2. The van der Waals surface area contributed by atoms with E-state index in [0.717, 1.165) is 5.57 Å². The van der Waals surface area contributed by atoms with Crippen molar-refractivity contribution in [1.29, 1.82) is 0 Å². The van der Waals surface area contributed by atoms with Crippen molar-refractivity contribution in [2.45, 2.75) is 51.0 Å². The summed E-state index contributed by atoms with van der Waals surface area (Å²) in [5.41, 5.74) is 2.34. The Labute approximate surface area is 135 Å². The Morgan fingerprint density at radius 3 is 1.71 bits per heavy atom. The number of hydrogen-bond acceptors (Lipinski definition) is 0. The van der Waals surface area contributed by atoms with E-state index in [2.05, 4.69) is 55.6 Å². The molecule has 0 saturated carbocycles. The normalized spacial score (nSPS) is 6.95. The average Bonchev–Trinajstić information content (AvgIpc) is 2.29. The molecule has 0 nitrogen and oxygen atoms in total. The average molecular weight is 291 g/mol. The van der Waals surface area contributed by atoms with E-state index in [0.29, 0.717) is 0 Å². The molecule has 0 heterocycles. The van der Waals surface area contributed by atoms with Gasteiger partial charge in [0, 0.05) is 0 Å². The SMILES string of the molecule is C.C.C.C.C.C=C(C)c1ccc2ccccc2c1.C=CC. The van der Waals surface area contributed by atoms with Crippen LogP contribution in [0.15, 0.2) is 61.7 Å². The summed E-state index contributed by atoms with van der Waals surface area (Å²) in [6.45, 7) is 11.2. The number of allylic oxidation sites excluding steroid dienone is 2. The minimum atomic E-state index is 0. The summed E-state index contributed by atoms with van der Waals surface area (Å²) >= 11 is 0. The number of rotatable bonds is 1. The Bertz CT molecular complexity index is 492. The van der Waals surface area contributed by atoms with E-state index in [1.807, 2.05) is 13.8 Å². The molecule has 0 spiro atoms. The van der Waals surface area contributed by atoms with Crippen LogP contribution in [0, 0.1) is 0 Å². The van der Waals surface area contributed by atoms with Gasteiger partial charge in [-0.25, -0.2) is 0 Å². The lowest BCUT2D eigenvalue weighted by Crippen LogP contribution is -1.78. The van der Waals surface area contributed by atoms with E-state index in [1.54, 1.807) is 6.08 Å². The molecule has 0 radical (unpaired) electrons. The molecule has 0 bridgehead atoms. The lowest BCUT2D eigenvalue weighted by molar-refractivity contribution is 1.62. The van der Waals surface area contributed by atoms with Gasteiger partial charge in [0.15, 0.2) is 0 Å². The van der Waals surface area contributed by atoms with Crippen molar-refractivity contribution in [2.24, 2.45) is 0 Å². The summed E-state index contributed by atoms with van der Waals surface area (Å²) in [7, 11) is 0. The minimum Gasteiger partial charge on any atom is -0.103 e. The Kier molecular flexibility index (Phi) is 24.4. The van der Waals surface area contributed by atoms with Crippen molar-refractivity contribution in [3.8, 4) is 0 Å². The highest BCUT2D eigenvalue weighted by molar-refractivity contribution is 5.85. The van der Waals surface area contributed by atoms with Gasteiger partial charge in [-0.15, -0.1) is 6.58 Å². The van der Waals surface area contributed by atoms with Gasteiger partial charge in [-0.2, -0.15) is 0 Å². The zero-order valence-electron chi connectivity index (χ0n) is 10.0. The van der Waals surface area contributed by atoms with E-state index < -0.39 is 0 Å². The summed E-state index contributed by atoms with van der Waals surface area (Å²) < 4.78 is 0. The summed E-state index contributed by atoms with van der Waals surface area (Å²) in [5, 5.41) is 2.57. The van der Waals surface area contributed by atoms with Crippen LogP contribution >= 0.6 is 0 Å². The van der Waals surface area contributed by atoms with Crippen LogP contribution in [0.4, 0.5) is 0 Å². The molecule has 21 heavy (non-hydrogen) atoms. The molecule has 0 amide bonds. The molecule has 2 rings (SSSR count). The number of fused-ring (bicyclic) bond motifs is 1. The van der Waals surface area contributed by atoms with Crippen molar-refractivity contribution in [2.75, 3.05) is 0 Å². The first-order chi connectivity index (χ1) is 7.69. The molecule has 122 valence electrons. The van der Waals surface area contributed by atoms with Crippen LogP contribution in [0.5, 0.6) is 0 Å². The van der Waals surface area contributed by atoms with Crippen LogP contribution in [0.2, 0.25) is 0 Å². The maximum absolute atomic E-state index is 3.93. The Balaban J connectivity index is -0.0000000993. The monoisotopic (exact) mass is 290 g/mol. The van der Waals surface area contributed by atoms with Crippen molar-refractivity contribution >= 4 is 16.3 Å². The predicted molar refractivity (Wildman–Crippen MR) is 108 cm³/mol. The standard InChI is InChI=1S/C13H12.C3H6.5CH4/c1-10(2)12-8-7-11-5-3-4-6-13(11)9-12;1-3-2;;;;;/h3-9H,1H2,2H3;3H,1H2,2H3;5*1H4. The molecular formula is C21H38. The fourth-order valence-electron chi connectivity index (χ4n) is 1.45. The van der Waals surface area contributed by atoms with Crippen LogP contribution < -0.4 is 0 Å². The van der Waals surface area contributed by atoms with Crippen LogP contribution in [-0.4, -0.2) is 0 Å². The lowest BCUT2D eigenvalue weighted by atomic mass is 10.0. The molecule has 0 aromatic heterocycles. The molecule has 0 saturated heterocycles. The maximum atomic E-state index is 3.93. The molecule has 0 aliphatic rings. The van der Waals surface area contributed by atoms with Crippen molar-refractivity contribution in [3.63, 3.8) is 0 Å². The van der Waals surface area contributed by atoms with E-state index in [4.69, 9.17) is 0 Å². The van der Waals surface area contributed by atoms with Gasteiger partial charge in [-0.05, 0) is 36.2 Å². The summed E-state index contributed by atoms with van der Waals surface area (Å²) in [5.74, 6) is 0. The Hall–Kier alpha value is -1.82. The maximum Gasteiger partial charge on any atom is -0.0178 e. The highest BCUT2D eigenvalue weighted by Gasteiger charge is 1.95. The molecule has 0 N–H and O–H groups in total. The van der Waals surface area contributed by atoms with Gasteiger partial charge in [-0.3, -0.25) is 0 Å². The van der Waals surface area contributed by atoms with E-state index in [-0.39, 0.29) is 37.1 Å². The first kappa shape index (κ1) is 31.5. The molecule has 0 unspecified atom stereocenters. The minimum absolute atomic E-state index is 0. The van der Waals surface area contributed by atoms with Gasteiger partial charge >= 0.3 is 0 Å². The van der Waals surface area contributed by atoms with Gasteiger partial charge in [0.05, 0.1) is 0 Å². The van der Waals surface area contributed by atoms with Crippen LogP contribution in [0.3, 0.4) is 0 Å². The Morgan fingerprint density at radius 2 is 1.29 bits per heavy atom. The molecule has 0 atom stereocenters. The van der Waals surface area contributed by atoms with E-state index in [1.165, 1.54) is 16.3 Å². The van der Waals surface area contributed by atoms with Gasteiger partial charge < -0.3 is 0 Å². The summed E-state index contributed by atoms with van der Waals surface area (Å²) in [6.07, 6.45) is 1.75. The third kappa shape index (κ3) is 9.67. The first-order valence-corrected chi connectivity index (χ1v) is 5.40. The van der Waals surface area contributed by atoms with Gasteiger partial charge in [-0.1, -0.05) is 91.8 Å². The van der Waals surface area contributed by atoms with Crippen molar-refractivity contribution < 1.29 is 0 Å². The highest BCUT2D eigenvalue weighted by atomic mass is 14.0. The van der Waals surface area contributed by atoms with Crippen LogP contribution in [-0.2, 0) is 0 Å². The molecular weight excluding hydrogens is 252 g/mol. The first-order valence-electron chi connectivity index (χ1n) is 5.40. The van der Waals surface area contributed by atoms with Crippen molar-refractivity contribution in [1.82, 2.24) is 0 Å². The van der Waals surface area contributed by atoms with E-state index >= 15 is 0 Å². The quantitative estimate of drug-likeness (QED) is 0.464. The zero-order chi connectivity index (χ0) is 12.0. The topological polar surface area (TPSA) is 0 Å². The fraction of sp³-hybridized carbons (Fsp3) is 0.333.